The second-order valence-electron chi connectivity index (χ2n) is 8.49. The molecule has 2 aliphatic heterocycles. The van der Waals surface area contributed by atoms with Crippen LogP contribution in [0.4, 0.5) is 5.69 Å². The number of anilines is 1. The average Bonchev–Trinajstić information content (AvgIpc) is 3.51. The van der Waals surface area contributed by atoms with E-state index in [1.165, 1.54) is 0 Å². The molecule has 3 heterocycles. The second kappa shape index (κ2) is 7.52. The summed E-state index contributed by atoms with van der Waals surface area (Å²) in [5.74, 6) is -1.41. The first-order valence-electron chi connectivity index (χ1n) is 11.0. The lowest BCUT2D eigenvalue weighted by Crippen LogP contribution is -2.67. The zero-order valence-corrected chi connectivity index (χ0v) is 17.8. The van der Waals surface area contributed by atoms with Crippen LogP contribution < -0.4 is 16.4 Å². The van der Waals surface area contributed by atoms with Gasteiger partial charge in [0.15, 0.2) is 11.5 Å². The molecule has 1 unspecified atom stereocenters. The van der Waals surface area contributed by atoms with Gasteiger partial charge in [-0.1, -0.05) is 43.2 Å². The highest BCUT2D eigenvalue weighted by Gasteiger charge is 2.42. The van der Waals surface area contributed by atoms with Crippen molar-refractivity contribution in [3.8, 4) is 0 Å². The Kier molecular flexibility index (Phi) is 4.47. The van der Waals surface area contributed by atoms with Gasteiger partial charge in [-0.15, -0.1) is 0 Å². The van der Waals surface area contributed by atoms with Gasteiger partial charge in [0.2, 0.25) is 0 Å². The molecule has 1 aromatic heterocycles. The van der Waals surface area contributed by atoms with E-state index in [1.807, 2.05) is 48.7 Å². The Morgan fingerprint density at radius 2 is 1.85 bits per heavy atom. The number of amides is 1. The highest BCUT2D eigenvalue weighted by atomic mass is 16.2. The summed E-state index contributed by atoms with van der Waals surface area (Å²) in [5.41, 5.74) is 10.6. The molecular formula is C23H23N9O. The van der Waals surface area contributed by atoms with E-state index < -0.39 is 5.91 Å². The Morgan fingerprint density at radius 1 is 1.06 bits per heavy atom. The Morgan fingerprint density at radius 3 is 2.67 bits per heavy atom. The molecule has 0 bridgehead atoms. The lowest BCUT2D eigenvalue weighted by atomic mass is 10.1. The largest absolute Gasteiger partial charge is 0.331 e. The third-order valence-corrected chi connectivity index (χ3v) is 6.19. The Balaban J connectivity index is 1.40. The van der Waals surface area contributed by atoms with Gasteiger partial charge < -0.3 is 10.2 Å². The maximum Gasteiger partial charge on any atom is 0.278 e. The van der Waals surface area contributed by atoms with E-state index in [0.717, 1.165) is 42.5 Å². The van der Waals surface area contributed by atoms with Crippen LogP contribution in [-0.2, 0) is 4.79 Å². The minimum Gasteiger partial charge on any atom is -0.331 e. The van der Waals surface area contributed by atoms with Crippen LogP contribution >= 0.6 is 0 Å². The summed E-state index contributed by atoms with van der Waals surface area (Å²) in [6, 6.07) is 15.5. The van der Waals surface area contributed by atoms with Crippen molar-refractivity contribution in [1.29, 1.82) is 0 Å². The van der Waals surface area contributed by atoms with Gasteiger partial charge in [0.25, 0.3) is 11.8 Å². The number of H-pyrrole nitrogens is 1. The van der Waals surface area contributed by atoms with Gasteiger partial charge in [0, 0.05) is 23.5 Å². The summed E-state index contributed by atoms with van der Waals surface area (Å²) in [5, 5.41) is 16.7. The normalized spacial score (nSPS) is 23.0. The van der Waals surface area contributed by atoms with Gasteiger partial charge in [-0.05, 0) is 31.0 Å². The van der Waals surface area contributed by atoms with Crippen molar-refractivity contribution in [2.75, 3.05) is 5.32 Å². The zero-order chi connectivity index (χ0) is 22.4. The fraction of sp³-hybridized carbons (Fsp3) is 0.261. The number of benzene rings is 2. The molecule has 33 heavy (non-hydrogen) atoms. The van der Waals surface area contributed by atoms with Crippen LogP contribution in [0, 0.1) is 0 Å². The van der Waals surface area contributed by atoms with E-state index in [-0.39, 0.29) is 17.7 Å². The smallest absolute Gasteiger partial charge is 0.278 e. The monoisotopic (exact) mass is 441 g/mol. The van der Waals surface area contributed by atoms with Crippen molar-refractivity contribution in [2.24, 2.45) is 15.7 Å². The number of hydrogen-bond donors (Lipinski definition) is 4. The molecule has 0 saturated heterocycles. The highest BCUT2D eigenvalue weighted by molar-refractivity contribution is 6.68. The van der Waals surface area contributed by atoms with Crippen LogP contribution in [0.15, 0.2) is 64.7 Å². The molecule has 6 rings (SSSR count). The molecule has 1 atom stereocenters. The number of nitrogens with one attached hydrogen (secondary N) is 3. The number of aliphatic imine (C=N–C) groups is 2. The SMILES string of the molecule is NC1(Nc2ccc3n[nH]nc3c2)N=C2C(=NC(c3ccccc3)=CN2C2CCCC2)C(=O)N1. The van der Waals surface area contributed by atoms with Gasteiger partial charge in [-0.25, -0.2) is 9.98 Å². The summed E-state index contributed by atoms with van der Waals surface area (Å²) in [7, 11) is 0. The topological polar surface area (TPSA) is 137 Å². The molecule has 1 fully saturated rings. The van der Waals surface area contributed by atoms with Gasteiger partial charge in [-0.2, -0.15) is 15.4 Å². The maximum absolute atomic E-state index is 13.2. The third-order valence-electron chi connectivity index (χ3n) is 6.19. The molecule has 2 aromatic carbocycles. The van der Waals surface area contributed by atoms with E-state index in [9.17, 15) is 4.79 Å². The first kappa shape index (κ1) is 19.6. The molecule has 5 N–H and O–H groups in total. The average molecular weight is 441 g/mol. The van der Waals surface area contributed by atoms with Crippen molar-refractivity contribution >= 4 is 39.9 Å². The molecule has 3 aromatic rings. The van der Waals surface area contributed by atoms with Crippen molar-refractivity contribution in [3.05, 3.63) is 60.3 Å². The summed E-state index contributed by atoms with van der Waals surface area (Å²) >= 11 is 0. The van der Waals surface area contributed by atoms with Crippen LogP contribution in [0.25, 0.3) is 16.7 Å². The fourth-order valence-electron chi connectivity index (χ4n) is 4.61. The van der Waals surface area contributed by atoms with Crippen LogP contribution in [0.5, 0.6) is 0 Å². The van der Waals surface area contributed by atoms with E-state index >= 15 is 0 Å². The molecule has 1 amide bonds. The van der Waals surface area contributed by atoms with Crippen molar-refractivity contribution < 1.29 is 4.79 Å². The maximum atomic E-state index is 13.2. The fourth-order valence-corrected chi connectivity index (χ4v) is 4.61. The number of rotatable bonds is 4. The number of nitrogens with two attached hydrogens (primary N) is 1. The predicted molar refractivity (Wildman–Crippen MR) is 126 cm³/mol. The predicted octanol–water partition coefficient (Wildman–Crippen LogP) is 2.17. The van der Waals surface area contributed by atoms with E-state index in [4.69, 9.17) is 10.7 Å². The first-order chi connectivity index (χ1) is 16.1. The lowest BCUT2D eigenvalue weighted by molar-refractivity contribution is -0.116. The number of hydrogen-bond acceptors (Lipinski definition) is 8. The number of aromatic nitrogens is 3. The molecule has 0 spiro atoms. The Bertz CT molecular complexity index is 1320. The summed E-state index contributed by atoms with van der Waals surface area (Å²) in [6.45, 7) is 0. The number of carbonyl (C=O) groups is 1. The molecule has 1 aliphatic carbocycles. The quantitative estimate of drug-likeness (QED) is 0.458. The number of nitrogens with zero attached hydrogens (tertiary/aromatic N) is 5. The highest BCUT2D eigenvalue weighted by Crippen LogP contribution is 2.31. The molecule has 10 heteroatoms. The van der Waals surface area contributed by atoms with Crippen LogP contribution in [0.2, 0.25) is 0 Å². The molecule has 0 radical (unpaired) electrons. The Hall–Kier alpha value is -4.05. The summed E-state index contributed by atoms with van der Waals surface area (Å²) in [4.78, 5) is 24.7. The molecule has 3 aliphatic rings. The Labute approximate surface area is 189 Å². The van der Waals surface area contributed by atoms with E-state index in [1.54, 1.807) is 6.07 Å². The van der Waals surface area contributed by atoms with E-state index in [2.05, 4.69) is 35.9 Å². The van der Waals surface area contributed by atoms with E-state index in [0.29, 0.717) is 17.0 Å². The minimum absolute atomic E-state index is 0.245. The van der Waals surface area contributed by atoms with Crippen LogP contribution in [0.3, 0.4) is 0 Å². The van der Waals surface area contributed by atoms with Crippen molar-refractivity contribution in [2.45, 2.75) is 37.6 Å². The molecule has 166 valence electrons. The molecular weight excluding hydrogens is 418 g/mol. The number of carbonyl (C=O) groups excluding carboxylic acids is 1. The van der Waals surface area contributed by atoms with Crippen LogP contribution in [0.1, 0.15) is 31.2 Å². The molecule has 1 saturated carbocycles. The van der Waals surface area contributed by atoms with Gasteiger partial charge in [0.1, 0.15) is 11.0 Å². The summed E-state index contributed by atoms with van der Waals surface area (Å²) in [6.07, 6.45) is 6.34. The number of fused-ring (bicyclic) bond motifs is 2. The molecule has 10 nitrogen and oxygen atoms in total. The van der Waals surface area contributed by atoms with Crippen molar-refractivity contribution in [1.82, 2.24) is 25.6 Å². The standard InChI is InChI=1S/C23H23N9O/c24-23(26-15-10-11-17-18(12-15)30-31-29-17)27-21-20(22(33)28-23)25-19(14-6-2-1-3-7-14)13-32(21)16-8-4-5-9-16/h1-3,6-7,10-13,16,26H,4-5,8-9,24H2,(H,28,33)(H,29,30,31). The van der Waals surface area contributed by atoms with Crippen molar-refractivity contribution in [3.63, 3.8) is 0 Å². The van der Waals surface area contributed by atoms with Crippen LogP contribution in [-0.4, -0.2) is 49.7 Å². The lowest BCUT2D eigenvalue weighted by Gasteiger charge is -2.39. The minimum atomic E-state index is -1.53. The van der Waals surface area contributed by atoms with Gasteiger partial charge in [-0.3, -0.25) is 15.8 Å². The third kappa shape index (κ3) is 3.54. The zero-order valence-electron chi connectivity index (χ0n) is 17.8. The number of amidine groups is 1. The summed E-state index contributed by atoms with van der Waals surface area (Å²) < 4.78 is 0. The van der Waals surface area contributed by atoms with Gasteiger partial charge in [0.05, 0.1) is 5.70 Å². The first-order valence-corrected chi connectivity index (χ1v) is 11.0. The number of aromatic amines is 1. The van der Waals surface area contributed by atoms with Gasteiger partial charge >= 0.3 is 0 Å². The second-order valence-corrected chi connectivity index (χ2v) is 8.49.